The van der Waals surface area contributed by atoms with Crippen LogP contribution in [0.4, 0.5) is 11.4 Å². The van der Waals surface area contributed by atoms with Crippen molar-refractivity contribution in [2.45, 2.75) is 13.3 Å². The zero-order valence-electron chi connectivity index (χ0n) is 18.5. The Morgan fingerprint density at radius 1 is 1.15 bits per heavy atom. The predicted molar refractivity (Wildman–Crippen MR) is 123 cm³/mol. The number of anilines is 1. The molecule has 2 aliphatic rings. The summed E-state index contributed by atoms with van der Waals surface area (Å²) in [5, 5.41) is 15.9. The third-order valence-corrected chi connectivity index (χ3v) is 5.97. The molecule has 2 heterocycles. The van der Waals surface area contributed by atoms with Gasteiger partial charge in [-0.15, -0.1) is 0 Å². The Labute approximate surface area is 191 Å². The van der Waals surface area contributed by atoms with Crippen LogP contribution in [0.25, 0.3) is 0 Å². The van der Waals surface area contributed by atoms with Crippen LogP contribution < -0.4 is 15.1 Å². The minimum Gasteiger partial charge on any atom is -0.497 e. The maximum absolute atomic E-state index is 12.8. The first-order valence-corrected chi connectivity index (χ1v) is 10.7. The van der Waals surface area contributed by atoms with Crippen LogP contribution in [-0.4, -0.2) is 60.6 Å². The lowest BCUT2D eigenvalue weighted by molar-refractivity contribution is -0.384. The molecule has 1 saturated heterocycles. The number of rotatable bonds is 5. The van der Waals surface area contributed by atoms with Gasteiger partial charge in [-0.25, -0.2) is 5.43 Å². The third-order valence-electron chi connectivity index (χ3n) is 5.97. The van der Waals surface area contributed by atoms with E-state index in [0.717, 1.165) is 0 Å². The molecule has 172 valence electrons. The Kier molecular flexibility index (Phi) is 6.25. The molecule has 1 fully saturated rings. The minimum atomic E-state index is -0.402. The van der Waals surface area contributed by atoms with Crippen LogP contribution in [0.15, 0.2) is 47.6 Å². The molecular weight excluding hydrogens is 426 g/mol. The van der Waals surface area contributed by atoms with Crippen molar-refractivity contribution in [3.63, 3.8) is 0 Å². The number of nitro benzene ring substituents is 1. The Morgan fingerprint density at radius 3 is 2.45 bits per heavy atom. The molecule has 1 N–H and O–H groups in total. The van der Waals surface area contributed by atoms with Gasteiger partial charge in [-0.3, -0.25) is 19.7 Å². The molecule has 0 aromatic heterocycles. The van der Waals surface area contributed by atoms with Crippen molar-refractivity contribution >= 4 is 28.9 Å². The summed E-state index contributed by atoms with van der Waals surface area (Å²) >= 11 is 0. The molecule has 0 saturated carbocycles. The standard InChI is InChI=1S/C23H25N5O5/c1-15-13-21(29)24-25-22(15)17-5-8-19(20(14-17)28(31)32)26-9-11-27(12-10-26)23(30)16-3-6-18(33-2)7-4-16/h3-8,14-15H,9-13H2,1-2H3,(H,24,29). The van der Waals surface area contributed by atoms with Gasteiger partial charge in [0.05, 0.1) is 17.7 Å². The van der Waals surface area contributed by atoms with E-state index in [1.165, 1.54) is 6.07 Å². The van der Waals surface area contributed by atoms with Gasteiger partial charge in [0.15, 0.2) is 0 Å². The number of methoxy groups -OCH3 is 1. The number of hydrogen-bond donors (Lipinski definition) is 1. The van der Waals surface area contributed by atoms with Crippen molar-refractivity contribution in [3.8, 4) is 5.75 Å². The summed E-state index contributed by atoms with van der Waals surface area (Å²) in [6.07, 6.45) is 0.290. The lowest BCUT2D eigenvalue weighted by Gasteiger charge is -2.36. The summed E-state index contributed by atoms with van der Waals surface area (Å²) in [4.78, 5) is 39.4. The number of carbonyl (C=O) groups excluding carboxylic acids is 2. The van der Waals surface area contributed by atoms with Crippen LogP contribution in [0.1, 0.15) is 29.3 Å². The number of nitrogens with one attached hydrogen (secondary N) is 1. The van der Waals surface area contributed by atoms with Gasteiger partial charge in [0.2, 0.25) is 5.91 Å². The van der Waals surface area contributed by atoms with Crippen molar-refractivity contribution in [2.24, 2.45) is 11.0 Å². The lowest BCUT2D eigenvalue weighted by atomic mass is 9.93. The van der Waals surface area contributed by atoms with E-state index in [-0.39, 0.29) is 23.4 Å². The second kappa shape index (κ2) is 9.27. The Hall–Kier alpha value is -3.95. The number of amides is 2. The predicted octanol–water partition coefficient (Wildman–Crippen LogP) is 2.43. The lowest BCUT2D eigenvalue weighted by Crippen LogP contribution is -2.49. The zero-order valence-corrected chi connectivity index (χ0v) is 18.5. The van der Waals surface area contributed by atoms with E-state index in [4.69, 9.17) is 4.74 Å². The molecule has 0 aliphatic carbocycles. The van der Waals surface area contributed by atoms with E-state index in [0.29, 0.717) is 60.9 Å². The molecule has 33 heavy (non-hydrogen) atoms. The number of nitrogens with zero attached hydrogens (tertiary/aromatic N) is 4. The second-order valence-electron chi connectivity index (χ2n) is 8.11. The number of benzene rings is 2. The number of hydrogen-bond acceptors (Lipinski definition) is 7. The summed E-state index contributed by atoms with van der Waals surface area (Å²) < 4.78 is 5.13. The van der Waals surface area contributed by atoms with Gasteiger partial charge >= 0.3 is 0 Å². The van der Waals surface area contributed by atoms with Gasteiger partial charge in [-0.1, -0.05) is 13.0 Å². The third kappa shape index (κ3) is 4.64. The summed E-state index contributed by atoms with van der Waals surface area (Å²) in [5.74, 6) is 0.313. The average molecular weight is 451 g/mol. The van der Waals surface area contributed by atoms with Gasteiger partial charge in [0.1, 0.15) is 11.4 Å². The highest BCUT2D eigenvalue weighted by Crippen LogP contribution is 2.32. The van der Waals surface area contributed by atoms with Crippen molar-refractivity contribution in [1.82, 2.24) is 10.3 Å². The molecular formula is C23H25N5O5. The van der Waals surface area contributed by atoms with Crippen LogP contribution in [0.2, 0.25) is 0 Å². The number of piperazine rings is 1. The monoisotopic (exact) mass is 451 g/mol. The number of hydrazone groups is 1. The molecule has 2 amide bonds. The fraction of sp³-hybridized carbons (Fsp3) is 0.348. The fourth-order valence-corrected chi connectivity index (χ4v) is 4.17. The first kappa shape index (κ1) is 22.3. The van der Waals surface area contributed by atoms with Crippen LogP contribution >= 0.6 is 0 Å². The Morgan fingerprint density at radius 2 is 1.85 bits per heavy atom. The number of carbonyl (C=O) groups is 2. The maximum atomic E-state index is 12.8. The molecule has 1 atom stereocenters. The molecule has 0 radical (unpaired) electrons. The zero-order chi connectivity index (χ0) is 23.5. The minimum absolute atomic E-state index is 0.0192. The molecule has 1 unspecified atom stereocenters. The fourth-order valence-electron chi connectivity index (χ4n) is 4.17. The van der Waals surface area contributed by atoms with E-state index < -0.39 is 4.92 Å². The average Bonchev–Trinajstić information content (AvgIpc) is 2.83. The van der Waals surface area contributed by atoms with Gasteiger partial charge in [-0.2, -0.15) is 5.10 Å². The van der Waals surface area contributed by atoms with Crippen LogP contribution in [0, 0.1) is 16.0 Å². The van der Waals surface area contributed by atoms with Crippen molar-refractivity contribution in [2.75, 3.05) is 38.2 Å². The Bertz CT molecular complexity index is 1110. The summed E-state index contributed by atoms with van der Waals surface area (Å²) in [6, 6.07) is 12.0. The normalized spacial score (nSPS) is 18.4. The van der Waals surface area contributed by atoms with Crippen LogP contribution in [0.3, 0.4) is 0 Å². The molecule has 0 spiro atoms. The van der Waals surface area contributed by atoms with E-state index in [2.05, 4.69) is 10.5 Å². The smallest absolute Gasteiger partial charge is 0.293 e. The Balaban J connectivity index is 1.49. The van der Waals surface area contributed by atoms with Crippen LogP contribution in [0.5, 0.6) is 5.75 Å². The molecule has 2 aromatic rings. The van der Waals surface area contributed by atoms with Crippen LogP contribution in [-0.2, 0) is 4.79 Å². The largest absolute Gasteiger partial charge is 0.497 e. The first-order valence-electron chi connectivity index (χ1n) is 10.7. The van der Waals surface area contributed by atoms with Gasteiger partial charge < -0.3 is 14.5 Å². The maximum Gasteiger partial charge on any atom is 0.293 e. The number of ether oxygens (including phenoxy) is 1. The molecule has 10 heteroatoms. The molecule has 4 rings (SSSR count). The SMILES string of the molecule is COc1ccc(C(=O)N2CCN(c3ccc(C4=NNC(=O)CC4C)cc3[N+](=O)[O-])CC2)cc1. The second-order valence-corrected chi connectivity index (χ2v) is 8.11. The van der Waals surface area contributed by atoms with Gasteiger partial charge in [0, 0.05) is 55.7 Å². The van der Waals surface area contributed by atoms with Crippen molar-refractivity contribution in [1.29, 1.82) is 0 Å². The highest BCUT2D eigenvalue weighted by Gasteiger charge is 2.29. The molecule has 2 aliphatic heterocycles. The summed E-state index contributed by atoms with van der Waals surface area (Å²) in [6.45, 7) is 3.75. The van der Waals surface area contributed by atoms with Gasteiger partial charge in [0.25, 0.3) is 11.6 Å². The van der Waals surface area contributed by atoms with E-state index in [1.807, 2.05) is 11.8 Å². The molecule has 10 nitrogen and oxygen atoms in total. The van der Waals surface area contributed by atoms with E-state index in [1.54, 1.807) is 48.4 Å². The summed E-state index contributed by atoms with van der Waals surface area (Å²) in [7, 11) is 1.57. The van der Waals surface area contributed by atoms with Gasteiger partial charge in [-0.05, 0) is 30.3 Å². The van der Waals surface area contributed by atoms with E-state index >= 15 is 0 Å². The topological polar surface area (TPSA) is 117 Å². The molecule has 2 aromatic carbocycles. The first-order chi connectivity index (χ1) is 15.9. The summed E-state index contributed by atoms with van der Waals surface area (Å²) in [5.41, 5.74) is 4.75. The van der Waals surface area contributed by atoms with E-state index in [9.17, 15) is 19.7 Å². The van der Waals surface area contributed by atoms with Crippen molar-refractivity contribution < 1.29 is 19.2 Å². The highest BCUT2D eigenvalue weighted by atomic mass is 16.6. The molecule has 0 bridgehead atoms. The number of nitro groups is 1. The highest BCUT2D eigenvalue weighted by molar-refractivity contribution is 6.06. The quantitative estimate of drug-likeness (QED) is 0.551. The van der Waals surface area contributed by atoms with Crippen molar-refractivity contribution in [3.05, 3.63) is 63.7 Å².